The van der Waals surface area contributed by atoms with Crippen LogP contribution in [0.25, 0.3) is 0 Å². The number of rotatable bonds is 6. The monoisotopic (exact) mass is 216 g/mol. The molecule has 3 N–H and O–H groups in total. The van der Waals surface area contributed by atoms with Gasteiger partial charge >= 0.3 is 0 Å². The van der Waals surface area contributed by atoms with E-state index in [0.29, 0.717) is 11.8 Å². The van der Waals surface area contributed by atoms with E-state index >= 15 is 0 Å². The summed E-state index contributed by atoms with van der Waals surface area (Å²) in [7, 11) is 1.73. The number of methoxy groups -OCH3 is 1. The number of hydrazine groups is 1. The average Bonchev–Trinajstić information content (AvgIpc) is 2.63. The van der Waals surface area contributed by atoms with Crippen molar-refractivity contribution in [3.63, 3.8) is 0 Å². The molecule has 0 radical (unpaired) electrons. The minimum atomic E-state index is 0.234. The molecular weight excluding hydrogens is 192 g/mol. The largest absolute Gasteiger partial charge is 0.385 e. The van der Waals surface area contributed by atoms with Crippen LogP contribution in [0.4, 0.5) is 0 Å². The van der Waals surface area contributed by atoms with E-state index in [9.17, 15) is 0 Å². The maximum Gasteiger partial charge on any atom is 0.0770 e. The molecule has 1 saturated heterocycles. The second kappa shape index (κ2) is 6.43. The van der Waals surface area contributed by atoms with Crippen molar-refractivity contribution >= 4 is 0 Å². The molecule has 1 aliphatic rings. The molecule has 4 nitrogen and oxygen atoms in total. The average molecular weight is 216 g/mol. The molecule has 0 aromatic carbocycles. The normalized spacial score (nSPS) is 30.4. The summed E-state index contributed by atoms with van der Waals surface area (Å²) in [5.41, 5.74) is 2.90. The van der Waals surface area contributed by atoms with E-state index in [2.05, 4.69) is 19.3 Å². The van der Waals surface area contributed by atoms with Crippen LogP contribution in [-0.2, 0) is 9.47 Å². The second-order valence-electron chi connectivity index (χ2n) is 4.55. The zero-order chi connectivity index (χ0) is 11.3. The number of hydrogen-bond donors (Lipinski definition) is 2. The van der Waals surface area contributed by atoms with Crippen LogP contribution in [0.5, 0.6) is 0 Å². The first kappa shape index (κ1) is 12.9. The summed E-state index contributed by atoms with van der Waals surface area (Å²) < 4.78 is 10.8. The highest BCUT2D eigenvalue weighted by atomic mass is 16.5. The fraction of sp³-hybridized carbons (Fsp3) is 1.00. The standard InChI is InChI=1S/C11H24N2O2/c1-8(4-6-14-3)10(13-12)11-9(2)5-7-15-11/h8-11,13H,4-7,12H2,1-3H3. The highest BCUT2D eigenvalue weighted by molar-refractivity contribution is 4.86. The summed E-state index contributed by atoms with van der Waals surface area (Å²) >= 11 is 0. The van der Waals surface area contributed by atoms with E-state index in [1.165, 1.54) is 0 Å². The summed E-state index contributed by atoms with van der Waals surface area (Å²) in [6, 6.07) is 0.234. The summed E-state index contributed by atoms with van der Waals surface area (Å²) in [6.45, 7) is 6.06. The molecule has 1 fully saturated rings. The van der Waals surface area contributed by atoms with Crippen LogP contribution in [0.15, 0.2) is 0 Å². The van der Waals surface area contributed by atoms with E-state index < -0.39 is 0 Å². The van der Waals surface area contributed by atoms with Gasteiger partial charge in [0.25, 0.3) is 0 Å². The Morgan fingerprint density at radius 3 is 2.80 bits per heavy atom. The molecule has 0 aromatic heterocycles. The summed E-state index contributed by atoms with van der Waals surface area (Å²) in [5.74, 6) is 6.68. The fourth-order valence-corrected chi connectivity index (χ4v) is 2.24. The Kier molecular flexibility index (Phi) is 5.53. The molecule has 0 saturated carbocycles. The highest BCUT2D eigenvalue weighted by Gasteiger charge is 2.34. The summed E-state index contributed by atoms with van der Waals surface area (Å²) in [4.78, 5) is 0. The highest BCUT2D eigenvalue weighted by Crippen LogP contribution is 2.26. The third kappa shape index (κ3) is 3.41. The lowest BCUT2D eigenvalue weighted by Gasteiger charge is -2.30. The van der Waals surface area contributed by atoms with Gasteiger partial charge in [0.05, 0.1) is 12.1 Å². The topological polar surface area (TPSA) is 56.5 Å². The van der Waals surface area contributed by atoms with Crippen LogP contribution in [0.1, 0.15) is 26.7 Å². The molecular formula is C11H24N2O2. The molecule has 1 rings (SSSR count). The predicted molar refractivity (Wildman–Crippen MR) is 60.3 cm³/mol. The number of nitrogens with one attached hydrogen (secondary N) is 1. The lowest BCUT2D eigenvalue weighted by atomic mass is 9.88. The molecule has 4 atom stereocenters. The Labute approximate surface area is 92.5 Å². The van der Waals surface area contributed by atoms with Crippen molar-refractivity contribution in [3.05, 3.63) is 0 Å². The van der Waals surface area contributed by atoms with E-state index in [-0.39, 0.29) is 12.1 Å². The van der Waals surface area contributed by atoms with Crippen molar-refractivity contribution < 1.29 is 9.47 Å². The number of hydrogen-bond acceptors (Lipinski definition) is 4. The molecule has 1 aliphatic heterocycles. The summed E-state index contributed by atoms with van der Waals surface area (Å²) in [6.07, 6.45) is 2.40. The van der Waals surface area contributed by atoms with E-state index in [4.69, 9.17) is 15.3 Å². The van der Waals surface area contributed by atoms with Crippen LogP contribution in [0.2, 0.25) is 0 Å². The first-order valence-electron chi connectivity index (χ1n) is 5.77. The van der Waals surface area contributed by atoms with Gasteiger partial charge in [0, 0.05) is 20.3 Å². The molecule has 15 heavy (non-hydrogen) atoms. The van der Waals surface area contributed by atoms with Gasteiger partial charge in [-0.05, 0) is 24.7 Å². The first-order valence-corrected chi connectivity index (χ1v) is 5.77. The maximum atomic E-state index is 5.74. The van der Waals surface area contributed by atoms with Crippen molar-refractivity contribution in [2.45, 2.75) is 38.8 Å². The van der Waals surface area contributed by atoms with Crippen LogP contribution >= 0.6 is 0 Å². The van der Waals surface area contributed by atoms with E-state index in [1.54, 1.807) is 7.11 Å². The number of nitrogens with two attached hydrogens (primary N) is 1. The molecule has 0 amide bonds. The number of ether oxygens (including phenoxy) is 2. The van der Waals surface area contributed by atoms with Gasteiger partial charge in [-0.3, -0.25) is 11.3 Å². The molecule has 0 bridgehead atoms. The van der Waals surface area contributed by atoms with Crippen LogP contribution in [-0.4, -0.2) is 32.5 Å². The van der Waals surface area contributed by atoms with Gasteiger partial charge in [-0.1, -0.05) is 13.8 Å². The van der Waals surface area contributed by atoms with Gasteiger partial charge in [0.15, 0.2) is 0 Å². The van der Waals surface area contributed by atoms with Gasteiger partial charge in [-0.2, -0.15) is 0 Å². The SMILES string of the molecule is COCCC(C)C(NN)C1OCCC1C. The van der Waals surface area contributed by atoms with Crippen molar-refractivity contribution in [1.82, 2.24) is 5.43 Å². The Balaban J connectivity index is 2.46. The van der Waals surface area contributed by atoms with Gasteiger partial charge in [0.2, 0.25) is 0 Å². The molecule has 0 aromatic rings. The van der Waals surface area contributed by atoms with Crippen molar-refractivity contribution in [1.29, 1.82) is 0 Å². The maximum absolute atomic E-state index is 5.74. The molecule has 0 spiro atoms. The second-order valence-corrected chi connectivity index (χ2v) is 4.55. The van der Waals surface area contributed by atoms with Crippen LogP contribution < -0.4 is 11.3 Å². The molecule has 1 heterocycles. The van der Waals surface area contributed by atoms with Crippen molar-refractivity contribution in [3.8, 4) is 0 Å². The Morgan fingerprint density at radius 2 is 2.33 bits per heavy atom. The van der Waals surface area contributed by atoms with Gasteiger partial charge in [0.1, 0.15) is 0 Å². The van der Waals surface area contributed by atoms with Gasteiger partial charge in [-0.25, -0.2) is 0 Å². The minimum absolute atomic E-state index is 0.234. The molecule has 4 heteroatoms. The van der Waals surface area contributed by atoms with Crippen molar-refractivity contribution in [2.24, 2.45) is 17.7 Å². The molecule has 4 unspecified atom stereocenters. The van der Waals surface area contributed by atoms with Crippen molar-refractivity contribution in [2.75, 3.05) is 20.3 Å². The fourth-order valence-electron chi connectivity index (χ4n) is 2.24. The van der Waals surface area contributed by atoms with Gasteiger partial charge < -0.3 is 9.47 Å². The summed E-state index contributed by atoms with van der Waals surface area (Å²) in [5, 5.41) is 0. The predicted octanol–water partition coefficient (Wildman–Crippen LogP) is 0.916. The zero-order valence-corrected chi connectivity index (χ0v) is 10.0. The third-order valence-corrected chi connectivity index (χ3v) is 3.38. The lowest BCUT2D eigenvalue weighted by Crippen LogP contribution is -2.50. The van der Waals surface area contributed by atoms with E-state index in [1.807, 2.05) is 0 Å². The quantitative estimate of drug-likeness (QED) is 0.512. The van der Waals surface area contributed by atoms with Gasteiger partial charge in [-0.15, -0.1) is 0 Å². The van der Waals surface area contributed by atoms with Crippen LogP contribution in [0.3, 0.4) is 0 Å². The Bertz CT molecular complexity index is 178. The zero-order valence-electron chi connectivity index (χ0n) is 10.0. The van der Waals surface area contributed by atoms with Crippen LogP contribution in [0, 0.1) is 11.8 Å². The minimum Gasteiger partial charge on any atom is -0.385 e. The van der Waals surface area contributed by atoms with E-state index in [0.717, 1.165) is 26.1 Å². The molecule has 0 aliphatic carbocycles. The lowest BCUT2D eigenvalue weighted by molar-refractivity contribution is 0.0371. The molecule has 90 valence electrons. The third-order valence-electron chi connectivity index (χ3n) is 3.38. The first-order chi connectivity index (χ1) is 7.20. The Hall–Kier alpha value is -0.160. The Morgan fingerprint density at radius 1 is 1.60 bits per heavy atom. The smallest absolute Gasteiger partial charge is 0.0770 e.